The fourth-order valence-electron chi connectivity index (χ4n) is 0.855. The normalized spacial score (nSPS) is 8.17. The number of rotatable bonds is 1. The van der Waals surface area contributed by atoms with Gasteiger partial charge in [-0.15, -0.1) is 0 Å². The Labute approximate surface area is 73.0 Å². The highest BCUT2D eigenvalue weighted by atomic mass is 14.8. The number of nitrogens with one attached hydrogen (secondary N) is 2. The van der Waals surface area contributed by atoms with E-state index in [1.807, 2.05) is 31.3 Å². The van der Waals surface area contributed by atoms with Crippen molar-refractivity contribution < 1.29 is 0 Å². The zero-order valence-corrected chi connectivity index (χ0v) is 7.31. The highest BCUT2D eigenvalue weighted by Crippen LogP contribution is 2.06. The molecule has 0 saturated heterocycles. The third kappa shape index (κ3) is 2.21. The van der Waals surface area contributed by atoms with Gasteiger partial charge in [-0.1, -0.05) is 0 Å². The van der Waals surface area contributed by atoms with E-state index in [2.05, 4.69) is 22.6 Å². The summed E-state index contributed by atoms with van der Waals surface area (Å²) in [5, 5.41) is 5.81. The number of benzene rings is 1. The van der Waals surface area contributed by atoms with E-state index in [9.17, 15) is 0 Å². The second kappa shape index (κ2) is 4.30. The summed E-state index contributed by atoms with van der Waals surface area (Å²) in [6.45, 7) is 0. The molecule has 62 valence electrons. The molecule has 0 saturated carbocycles. The standard InChI is InChI=1S/C10H12N2/c1-11-8-7-9-3-5-10(12-2)6-4-9/h3-6,11-12H,1-2H3. The largest absolute Gasteiger partial charge is 0.388 e. The smallest absolute Gasteiger partial charge is 0.0338 e. The Bertz CT molecular complexity index is 290. The van der Waals surface area contributed by atoms with Crippen molar-refractivity contribution in [1.29, 1.82) is 0 Å². The Morgan fingerprint density at radius 1 is 1.08 bits per heavy atom. The molecular formula is C10H12N2. The van der Waals surface area contributed by atoms with Gasteiger partial charge in [-0.3, -0.25) is 0 Å². The molecule has 0 aliphatic rings. The fourth-order valence-corrected chi connectivity index (χ4v) is 0.855. The van der Waals surface area contributed by atoms with Crippen LogP contribution in [0.2, 0.25) is 0 Å². The van der Waals surface area contributed by atoms with Crippen LogP contribution < -0.4 is 10.6 Å². The van der Waals surface area contributed by atoms with Crippen molar-refractivity contribution in [3.8, 4) is 12.0 Å². The molecule has 0 aliphatic carbocycles. The van der Waals surface area contributed by atoms with Crippen LogP contribution in [0.5, 0.6) is 0 Å². The van der Waals surface area contributed by atoms with E-state index in [1.165, 1.54) is 0 Å². The zero-order valence-electron chi connectivity index (χ0n) is 7.31. The summed E-state index contributed by atoms with van der Waals surface area (Å²) in [4.78, 5) is 0. The van der Waals surface area contributed by atoms with Gasteiger partial charge in [0.2, 0.25) is 0 Å². The van der Waals surface area contributed by atoms with Crippen molar-refractivity contribution in [1.82, 2.24) is 5.32 Å². The molecule has 0 aliphatic heterocycles. The molecule has 1 rings (SSSR count). The van der Waals surface area contributed by atoms with E-state index in [1.54, 1.807) is 7.05 Å². The van der Waals surface area contributed by atoms with Gasteiger partial charge in [0.1, 0.15) is 0 Å². The molecule has 0 aromatic heterocycles. The first-order chi connectivity index (χ1) is 5.86. The average molecular weight is 160 g/mol. The SMILES string of the molecule is CNC#Cc1ccc(NC)cc1. The summed E-state index contributed by atoms with van der Waals surface area (Å²) in [5.74, 6) is 2.96. The quantitative estimate of drug-likeness (QED) is 0.477. The summed E-state index contributed by atoms with van der Waals surface area (Å²) in [5.41, 5.74) is 2.12. The molecule has 0 heterocycles. The van der Waals surface area contributed by atoms with Gasteiger partial charge in [0.25, 0.3) is 0 Å². The molecule has 0 spiro atoms. The number of anilines is 1. The summed E-state index contributed by atoms with van der Waals surface area (Å²) >= 11 is 0. The Balaban J connectivity index is 2.78. The topological polar surface area (TPSA) is 24.1 Å². The van der Waals surface area contributed by atoms with Gasteiger partial charge in [0.15, 0.2) is 0 Å². The Kier molecular flexibility index (Phi) is 3.04. The Morgan fingerprint density at radius 3 is 2.25 bits per heavy atom. The van der Waals surface area contributed by atoms with Gasteiger partial charge in [-0.2, -0.15) is 0 Å². The van der Waals surface area contributed by atoms with E-state index >= 15 is 0 Å². The molecule has 2 N–H and O–H groups in total. The molecule has 0 amide bonds. The Morgan fingerprint density at radius 2 is 1.75 bits per heavy atom. The van der Waals surface area contributed by atoms with Crippen molar-refractivity contribution in [3.63, 3.8) is 0 Å². The second-order valence-corrected chi connectivity index (χ2v) is 2.33. The van der Waals surface area contributed by atoms with Crippen molar-refractivity contribution in [2.24, 2.45) is 0 Å². The zero-order chi connectivity index (χ0) is 8.81. The molecule has 0 bridgehead atoms. The predicted octanol–water partition coefficient (Wildman–Crippen LogP) is 1.26. The van der Waals surface area contributed by atoms with Crippen LogP contribution in [0.25, 0.3) is 0 Å². The summed E-state index contributed by atoms with van der Waals surface area (Å²) in [7, 11) is 3.70. The molecular weight excluding hydrogens is 148 g/mol. The van der Waals surface area contributed by atoms with Gasteiger partial charge in [-0.05, 0) is 30.2 Å². The molecule has 0 unspecified atom stereocenters. The number of hydrogen-bond acceptors (Lipinski definition) is 2. The maximum Gasteiger partial charge on any atom is 0.0338 e. The van der Waals surface area contributed by atoms with Crippen LogP contribution in [-0.4, -0.2) is 14.1 Å². The molecule has 1 aromatic rings. The first kappa shape index (κ1) is 8.48. The minimum absolute atomic E-state index is 1.02. The lowest BCUT2D eigenvalue weighted by Crippen LogP contribution is -1.92. The highest BCUT2D eigenvalue weighted by molar-refractivity contribution is 5.47. The summed E-state index contributed by atoms with van der Waals surface area (Å²) < 4.78 is 0. The van der Waals surface area contributed by atoms with Gasteiger partial charge >= 0.3 is 0 Å². The van der Waals surface area contributed by atoms with Crippen LogP contribution in [0.4, 0.5) is 5.69 Å². The molecule has 0 atom stereocenters. The molecule has 12 heavy (non-hydrogen) atoms. The molecule has 2 nitrogen and oxygen atoms in total. The van der Waals surface area contributed by atoms with E-state index < -0.39 is 0 Å². The highest BCUT2D eigenvalue weighted by Gasteiger charge is 1.87. The third-order valence-corrected chi connectivity index (χ3v) is 1.51. The molecule has 1 aromatic carbocycles. The second-order valence-electron chi connectivity index (χ2n) is 2.33. The average Bonchev–Trinajstić information content (AvgIpc) is 2.15. The lowest BCUT2D eigenvalue weighted by molar-refractivity contribution is 1.16. The lowest BCUT2D eigenvalue weighted by atomic mass is 10.2. The first-order valence-electron chi connectivity index (χ1n) is 3.82. The Hall–Kier alpha value is -1.62. The van der Waals surface area contributed by atoms with Crippen molar-refractivity contribution in [2.45, 2.75) is 0 Å². The van der Waals surface area contributed by atoms with Crippen molar-refractivity contribution >= 4 is 5.69 Å². The van der Waals surface area contributed by atoms with E-state index in [0.29, 0.717) is 0 Å². The van der Waals surface area contributed by atoms with Crippen LogP contribution in [0.15, 0.2) is 24.3 Å². The van der Waals surface area contributed by atoms with Gasteiger partial charge in [0.05, 0.1) is 0 Å². The number of hydrogen-bond donors (Lipinski definition) is 2. The summed E-state index contributed by atoms with van der Waals surface area (Å²) in [6, 6.07) is 10.7. The molecule has 0 fully saturated rings. The van der Waals surface area contributed by atoms with Crippen molar-refractivity contribution in [2.75, 3.05) is 19.4 Å². The van der Waals surface area contributed by atoms with Crippen LogP contribution in [0.1, 0.15) is 5.56 Å². The molecule has 2 heteroatoms. The van der Waals surface area contributed by atoms with Crippen molar-refractivity contribution in [3.05, 3.63) is 29.8 Å². The third-order valence-electron chi connectivity index (χ3n) is 1.51. The predicted molar refractivity (Wildman–Crippen MR) is 51.9 cm³/mol. The van der Waals surface area contributed by atoms with E-state index in [0.717, 1.165) is 11.3 Å². The first-order valence-corrected chi connectivity index (χ1v) is 3.82. The summed E-state index contributed by atoms with van der Waals surface area (Å²) in [6.07, 6.45) is 0. The fraction of sp³-hybridized carbons (Fsp3) is 0.200. The minimum Gasteiger partial charge on any atom is -0.388 e. The van der Waals surface area contributed by atoms with Crippen LogP contribution in [0, 0.1) is 12.0 Å². The maximum absolute atomic E-state index is 3.05. The van der Waals surface area contributed by atoms with Gasteiger partial charge in [0, 0.05) is 31.4 Å². The van der Waals surface area contributed by atoms with Crippen LogP contribution in [-0.2, 0) is 0 Å². The minimum atomic E-state index is 1.02. The monoisotopic (exact) mass is 160 g/mol. The lowest BCUT2D eigenvalue weighted by Gasteiger charge is -1.97. The van der Waals surface area contributed by atoms with Crippen LogP contribution >= 0.6 is 0 Å². The van der Waals surface area contributed by atoms with Gasteiger partial charge in [-0.25, -0.2) is 0 Å². The van der Waals surface area contributed by atoms with Gasteiger partial charge < -0.3 is 10.6 Å². The maximum atomic E-state index is 3.05. The van der Waals surface area contributed by atoms with Crippen LogP contribution in [0.3, 0.4) is 0 Å². The van der Waals surface area contributed by atoms with E-state index in [4.69, 9.17) is 0 Å². The van der Waals surface area contributed by atoms with E-state index in [-0.39, 0.29) is 0 Å². The molecule has 0 radical (unpaired) electrons.